The molecule has 1 saturated heterocycles. The molecular weight excluding hydrogens is 409 g/mol. The van der Waals surface area contributed by atoms with Gasteiger partial charge in [-0.1, -0.05) is 0 Å². The smallest absolute Gasteiger partial charge is 0.265 e. The number of anilines is 1. The fraction of sp³-hybridized carbons (Fsp3) is 0.250. The number of hydrogen-bond donors (Lipinski definition) is 3. The van der Waals surface area contributed by atoms with Crippen LogP contribution in [0.3, 0.4) is 0 Å². The summed E-state index contributed by atoms with van der Waals surface area (Å²) in [4.78, 5) is 32.9. The van der Waals surface area contributed by atoms with Gasteiger partial charge in [0.25, 0.3) is 5.91 Å². The first-order valence-electron chi connectivity index (χ1n) is 9.33. The van der Waals surface area contributed by atoms with Gasteiger partial charge in [0.15, 0.2) is 0 Å². The number of carbonyl (C=O) groups excluding carboxylic acids is 2. The molecule has 0 unspecified atom stereocenters. The molecule has 4 N–H and O–H groups in total. The monoisotopic (exact) mass is 429 g/mol. The average molecular weight is 429 g/mol. The van der Waals surface area contributed by atoms with Gasteiger partial charge in [-0.2, -0.15) is 0 Å². The molecule has 0 saturated carbocycles. The number of benzene rings is 1. The van der Waals surface area contributed by atoms with E-state index in [9.17, 15) is 14.0 Å². The Morgan fingerprint density at radius 3 is 2.80 bits per heavy atom. The summed E-state index contributed by atoms with van der Waals surface area (Å²) in [5, 5.41) is 5.15. The van der Waals surface area contributed by atoms with Crippen LogP contribution >= 0.6 is 11.3 Å². The van der Waals surface area contributed by atoms with E-state index in [0.717, 1.165) is 5.56 Å². The lowest BCUT2D eigenvalue weighted by atomic mass is 10.2. The van der Waals surface area contributed by atoms with Gasteiger partial charge >= 0.3 is 0 Å². The van der Waals surface area contributed by atoms with Gasteiger partial charge in [-0.15, -0.1) is 11.3 Å². The second kappa shape index (κ2) is 8.74. The average Bonchev–Trinajstić information content (AvgIpc) is 3.40. The molecule has 3 heterocycles. The fourth-order valence-corrected chi connectivity index (χ4v) is 3.96. The molecule has 8 nitrogen and oxygen atoms in total. The van der Waals surface area contributed by atoms with Crippen LogP contribution in [0.15, 0.2) is 35.8 Å². The second-order valence-corrected chi connectivity index (χ2v) is 7.69. The molecule has 1 fully saturated rings. The molecule has 1 aliphatic rings. The van der Waals surface area contributed by atoms with Crippen molar-refractivity contribution in [2.75, 3.05) is 38.2 Å². The second-order valence-electron chi connectivity index (χ2n) is 6.84. The number of hydrogen-bond acceptors (Lipinski definition) is 6. The van der Waals surface area contributed by atoms with Crippen molar-refractivity contribution in [1.82, 2.24) is 14.9 Å². The van der Waals surface area contributed by atoms with E-state index < -0.39 is 11.7 Å². The first-order valence-corrected chi connectivity index (χ1v) is 10.2. The number of primary amides is 1. The molecule has 2 aromatic heterocycles. The molecule has 1 aromatic carbocycles. The third-order valence-corrected chi connectivity index (χ3v) is 5.60. The Morgan fingerprint density at radius 1 is 1.27 bits per heavy atom. The number of ether oxygens (including phenoxy) is 1. The Kier molecular flexibility index (Phi) is 5.88. The van der Waals surface area contributed by atoms with Crippen molar-refractivity contribution in [2.45, 2.75) is 0 Å². The fourth-order valence-electron chi connectivity index (χ4n) is 3.13. The maximum atomic E-state index is 14.3. The standard InChI is InChI=1S/C20H20FN5O3S/c21-14-2-1-12(7-15(14)24-18(27)10-26-3-5-29-6-4-26)20-25-17(11-30-20)13-8-16(19(22)28)23-9-13/h1-2,7-9,11,23H,3-6,10H2,(H2,22,28)(H,24,27). The van der Waals surface area contributed by atoms with Gasteiger partial charge in [0.2, 0.25) is 5.91 Å². The van der Waals surface area contributed by atoms with Gasteiger partial charge in [0, 0.05) is 35.8 Å². The van der Waals surface area contributed by atoms with Gasteiger partial charge in [-0.05, 0) is 24.3 Å². The summed E-state index contributed by atoms with van der Waals surface area (Å²) < 4.78 is 19.5. The summed E-state index contributed by atoms with van der Waals surface area (Å²) in [6, 6.07) is 6.12. The van der Waals surface area contributed by atoms with E-state index in [2.05, 4.69) is 15.3 Å². The summed E-state index contributed by atoms with van der Waals surface area (Å²) in [5.41, 5.74) is 7.75. The van der Waals surface area contributed by atoms with E-state index in [1.54, 1.807) is 24.4 Å². The number of aromatic amines is 1. The minimum Gasteiger partial charge on any atom is -0.379 e. The maximum Gasteiger partial charge on any atom is 0.265 e. The Morgan fingerprint density at radius 2 is 2.07 bits per heavy atom. The van der Waals surface area contributed by atoms with E-state index in [0.29, 0.717) is 48.3 Å². The number of morpholine rings is 1. The molecule has 156 valence electrons. The van der Waals surface area contributed by atoms with Gasteiger partial charge in [-0.25, -0.2) is 9.37 Å². The van der Waals surface area contributed by atoms with Crippen LogP contribution in [0.2, 0.25) is 0 Å². The number of nitrogens with two attached hydrogens (primary N) is 1. The highest BCUT2D eigenvalue weighted by atomic mass is 32.1. The van der Waals surface area contributed by atoms with E-state index in [-0.39, 0.29) is 18.1 Å². The zero-order chi connectivity index (χ0) is 21.1. The van der Waals surface area contributed by atoms with Crippen LogP contribution in [0.4, 0.5) is 10.1 Å². The van der Waals surface area contributed by atoms with Gasteiger partial charge in [-0.3, -0.25) is 14.5 Å². The maximum absolute atomic E-state index is 14.3. The van der Waals surface area contributed by atoms with Crippen molar-refractivity contribution in [3.63, 3.8) is 0 Å². The highest BCUT2D eigenvalue weighted by Crippen LogP contribution is 2.31. The summed E-state index contributed by atoms with van der Waals surface area (Å²) in [6.45, 7) is 2.71. The highest BCUT2D eigenvalue weighted by molar-refractivity contribution is 7.13. The van der Waals surface area contributed by atoms with Crippen molar-refractivity contribution in [3.8, 4) is 21.8 Å². The van der Waals surface area contributed by atoms with Gasteiger partial charge in [0.05, 0.1) is 31.1 Å². The van der Waals surface area contributed by atoms with Gasteiger partial charge < -0.3 is 20.8 Å². The quantitative estimate of drug-likeness (QED) is 0.557. The van der Waals surface area contributed by atoms with Crippen molar-refractivity contribution in [3.05, 3.63) is 47.4 Å². The molecule has 0 aliphatic carbocycles. The Balaban J connectivity index is 1.49. The number of H-pyrrole nitrogens is 1. The Bertz CT molecular complexity index is 1070. The number of rotatable bonds is 6. The van der Waals surface area contributed by atoms with E-state index >= 15 is 0 Å². The van der Waals surface area contributed by atoms with Crippen molar-refractivity contribution >= 4 is 28.8 Å². The SMILES string of the molecule is NC(=O)c1cc(-c2csc(-c3ccc(F)c(NC(=O)CN4CCOCC4)c3)n2)c[nH]1. The Hall–Kier alpha value is -3.08. The van der Waals surface area contributed by atoms with E-state index in [4.69, 9.17) is 10.5 Å². The summed E-state index contributed by atoms with van der Waals surface area (Å²) >= 11 is 1.38. The number of amides is 2. The molecule has 2 amide bonds. The lowest BCUT2D eigenvalue weighted by molar-refractivity contribution is -0.118. The number of carbonyl (C=O) groups is 2. The van der Waals surface area contributed by atoms with Crippen molar-refractivity contribution in [1.29, 1.82) is 0 Å². The van der Waals surface area contributed by atoms with Crippen LogP contribution in [0.5, 0.6) is 0 Å². The molecule has 10 heteroatoms. The number of aromatic nitrogens is 2. The lowest BCUT2D eigenvalue weighted by Gasteiger charge is -2.25. The minimum atomic E-state index is -0.548. The summed E-state index contributed by atoms with van der Waals surface area (Å²) in [6.07, 6.45) is 1.65. The van der Waals surface area contributed by atoms with Crippen molar-refractivity contribution < 1.29 is 18.7 Å². The van der Waals surface area contributed by atoms with Crippen LogP contribution in [-0.2, 0) is 9.53 Å². The molecule has 3 aromatic rings. The first-order chi connectivity index (χ1) is 14.5. The molecule has 0 radical (unpaired) electrons. The molecular formula is C20H20FN5O3S. The lowest BCUT2D eigenvalue weighted by Crippen LogP contribution is -2.41. The summed E-state index contributed by atoms with van der Waals surface area (Å²) in [5.74, 6) is -1.34. The number of thiazole rings is 1. The van der Waals surface area contributed by atoms with Crippen LogP contribution in [0, 0.1) is 5.82 Å². The van der Waals surface area contributed by atoms with Crippen LogP contribution in [0.25, 0.3) is 21.8 Å². The predicted molar refractivity (Wildman–Crippen MR) is 112 cm³/mol. The van der Waals surface area contributed by atoms with Crippen molar-refractivity contribution in [2.24, 2.45) is 5.73 Å². The largest absolute Gasteiger partial charge is 0.379 e. The van der Waals surface area contributed by atoms with E-state index in [1.807, 2.05) is 10.3 Å². The zero-order valence-electron chi connectivity index (χ0n) is 16.0. The number of nitrogens with zero attached hydrogens (tertiary/aromatic N) is 2. The topological polar surface area (TPSA) is 113 Å². The number of halogens is 1. The van der Waals surface area contributed by atoms with Crippen LogP contribution < -0.4 is 11.1 Å². The van der Waals surface area contributed by atoms with E-state index in [1.165, 1.54) is 17.4 Å². The van der Waals surface area contributed by atoms with Crippen LogP contribution in [0.1, 0.15) is 10.5 Å². The molecule has 4 rings (SSSR count). The number of nitrogens with one attached hydrogen (secondary N) is 2. The van der Waals surface area contributed by atoms with Crippen LogP contribution in [-0.4, -0.2) is 59.5 Å². The molecule has 30 heavy (non-hydrogen) atoms. The zero-order valence-corrected chi connectivity index (χ0v) is 16.8. The molecule has 1 aliphatic heterocycles. The third-order valence-electron chi connectivity index (χ3n) is 4.71. The van der Waals surface area contributed by atoms with Gasteiger partial charge in [0.1, 0.15) is 16.5 Å². The minimum absolute atomic E-state index is 0.111. The molecule has 0 bridgehead atoms. The predicted octanol–water partition coefficient (Wildman–Crippen LogP) is 2.31. The summed E-state index contributed by atoms with van der Waals surface area (Å²) in [7, 11) is 0. The third kappa shape index (κ3) is 4.56. The first kappa shape index (κ1) is 20.2. The Labute approximate surface area is 175 Å². The highest BCUT2D eigenvalue weighted by Gasteiger charge is 2.17. The molecule has 0 atom stereocenters. The normalized spacial score (nSPS) is 14.6. The molecule has 0 spiro atoms.